The highest BCUT2D eigenvalue weighted by Crippen LogP contribution is 2.24. The van der Waals surface area contributed by atoms with Crippen LogP contribution in [0.1, 0.15) is 5.56 Å². The quantitative estimate of drug-likeness (QED) is 0.667. The van der Waals surface area contributed by atoms with Crippen LogP contribution in [-0.4, -0.2) is 14.2 Å². The molecule has 0 aliphatic heterocycles. The zero-order chi connectivity index (χ0) is 9.68. The lowest BCUT2D eigenvalue weighted by atomic mass is 10.2. The third kappa shape index (κ3) is 2.18. The van der Waals surface area contributed by atoms with E-state index in [1.165, 1.54) is 0 Å². The summed E-state index contributed by atoms with van der Waals surface area (Å²) in [6, 6.07) is 5.25. The first-order valence-corrected chi connectivity index (χ1v) is 3.82. The molecule has 0 spiro atoms. The number of rotatable bonds is 4. The molecule has 13 heavy (non-hydrogen) atoms. The number of hydrogen-bond donors (Lipinski definition) is 0. The standard InChI is InChI=1S/C9H11NO3/c1-12-8-4-3-7(6-10-11)9(5-8)13-2/h3-5H,6H2,1-2H3. The molecular formula is C9H11NO3. The summed E-state index contributed by atoms with van der Waals surface area (Å²) in [5.74, 6) is 1.32. The summed E-state index contributed by atoms with van der Waals surface area (Å²) in [6.07, 6.45) is 0. The topological polar surface area (TPSA) is 47.9 Å². The Morgan fingerprint density at radius 2 is 2.08 bits per heavy atom. The normalized spacial score (nSPS) is 9.38. The highest BCUT2D eigenvalue weighted by atomic mass is 16.5. The third-order valence-electron chi connectivity index (χ3n) is 1.73. The molecule has 0 unspecified atom stereocenters. The fourth-order valence-corrected chi connectivity index (χ4v) is 1.05. The molecule has 4 heteroatoms. The van der Waals surface area contributed by atoms with Crippen molar-refractivity contribution in [2.75, 3.05) is 14.2 Å². The number of benzene rings is 1. The van der Waals surface area contributed by atoms with E-state index in [-0.39, 0.29) is 6.54 Å². The van der Waals surface area contributed by atoms with Crippen LogP contribution in [0, 0.1) is 4.91 Å². The van der Waals surface area contributed by atoms with E-state index in [1.807, 2.05) is 0 Å². The van der Waals surface area contributed by atoms with Gasteiger partial charge in [0.2, 0.25) is 0 Å². The Balaban J connectivity index is 3.00. The van der Waals surface area contributed by atoms with Crippen molar-refractivity contribution in [3.8, 4) is 11.5 Å². The van der Waals surface area contributed by atoms with Crippen LogP contribution >= 0.6 is 0 Å². The molecule has 0 aliphatic rings. The Morgan fingerprint density at radius 3 is 2.62 bits per heavy atom. The summed E-state index contributed by atoms with van der Waals surface area (Å²) in [6.45, 7) is 0.118. The van der Waals surface area contributed by atoms with E-state index in [0.717, 1.165) is 5.56 Å². The Hall–Kier alpha value is -1.58. The van der Waals surface area contributed by atoms with E-state index in [1.54, 1.807) is 32.4 Å². The molecule has 0 heterocycles. The molecule has 0 bridgehead atoms. The highest BCUT2D eigenvalue weighted by molar-refractivity contribution is 5.40. The van der Waals surface area contributed by atoms with Gasteiger partial charge in [-0.15, -0.1) is 0 Å². The van der Waals surface area contributed by atoms with Gasteiger partial charge in [0.1, 0.15) is 18.0 Å². The lowest BCUT2D eigenvalue weighted by Gasteiger charge is -2.07. The van der Waals surface area contributed by atoms with Crippen molar-refractivity contribution in [3.63, 3.8) is 0 Å². The van der Waals surface area contributed by atoms with Gasteiger partial charge in [0.05, 0.1) is 14.2 Å². The van der Waals surface area contributed by atoms with Crippen molar-refractivity contribution in [1.82, 2.24) is 0 Å². The van der Waals surface area contributed by atoms with Gasteiger partial charge in [-0.1, -0.05) is 5.18 Å². The summed E-state index contributed by atoms with van der Waals surface area (Å²) in [5.41, 5.74) is 0.762. The molecule has 1 rings (SSSR count). The van der Waals surface area contributed by atoms with Crippen LogP contribution in [0.5, 0.6) is 11.5 Å². The lowest BCUT2D eigenvalue weighted by molar-refractivity contribution is 0.391. The minimum Gasteiger partial charge on any atom is -0.497 e. The predicted octanol–water partition coefficient (Wildman–Crippen LogP) is 1.97. The zero-order valence-electron chi connectivity index (χ0n) is 7.61. The average molecular weight is 181 g/mol. The van der Waals surface area contributed by atoms with E-state index in [9.17, 15) is 4.91 Å². The molecule has 0 aromatic heterocycles. The zero-order valence-corrected chi connectivity index (χ0v) is 7.61. The maximum absolute atomic E-state index is 10.1. The van der Waals surface area contributed by atoms with Gasteiger partial charge in [-0.05, 0) is 12.1 Å². The largest absolute Gasteiger partial charge is 0.497 e. The average Bonchev–Trinajstić information content (AvgIpc) is 2.19. The van der Waals surface area contributed by atoms with Crippen LogP contribution in [0.4, 0.5) is 0 Å². The van der Waals surface area contributed by atoms with Crippen LogP contribution in [0.3, 0.4) is 0 Å². The summed E-state index contributed by atoms with van der Waals surface area (Å²) in [7, 11) is 3.12. The first-order chi connectivity index (χ1) is 6.31. The predicted molar refractivity (Wildman–Crippen MR) is 49.0 cm³/mol. The molecule has 0 atom stereocenters. The van der Waals surface area contributed by atoms with Crippen molar-refractivity contribution < 1.29 is 9.47 Å². The molecule has 4 nitrogen and oxygen atoms in total. The Morgan fingerprint density at radius 1 is 1.31 bits per heavy atom. The maximum atomic E-state index is 10.1. The SMILES string of the molecule is COc1ccc(CN=O)c(OC)c1. The molecule has 1 aromatic rings. The Kier molecular flexibility index (Phi) is 3.25. The van der Waals surface area contributed by atoms with Crippen molar-refractivity contribution in [2.45, 2.75) is 6.54 Å². The lowest BCUT2D eigenvalue weighted by Crippen LogP contribution is -1.92. The Bertz CT molecular complexity index is 299. The minimum absolute atomic E-state index is 0.118. The van der Waals surface area contributed by atoms with E-state index in [2.05, 4.69) is 5.18 Å². The molecule has 0 aliphatic carbocycles. The first kappa shape index (κ1) is 9.51. The molecular weight excluding hydrogens is 170 g/mol. The number of hydrogen-bond acceptors (Lipinski definition) is 4. The molecule has 0 saturated heterocycles. The summed E-state index contributed by atoms with van der Waals surface area (Å²) >= 11 is 0. The second-order valence-corrected chi connectivity index (χ2v) is 2.46. The number of ether oxygens (including phenoxy) is 2. The van der Waals surface area contributed by atoms with E-state index in [0.29, 0.717) is 11.5 Å². The van der Waals surface area contributed by atoms with Gasteiger partial charge in [-0.3, -0.25) is 0 Å². The van der Waals surface area contributed by atoms with Gasteiger partial charge >= 0.3 is 0 Å². The van der Waals surface area contributed by atoms with Crippen LogP contribution in [0.2, 0.25) is 0 Å². The molecule has 0 N–H and O–H groups in total. The maximum Gasteiger partial charge on any atom is 0.127 e. The third-order valence-corrected chi connectivity index (χ3v) is 1.73. The van der Waals surface area contributed by atoms with E-state index >= 15 is 0 Å². The Labute approximate surface area is 76.4 Å². The number of nitroso groups, excluding NO2 is 1. The molecule has 1 aromatic carbocycles. The minimum atomic E-state index is 0.118. The van der Waals surface area contributed by atoms with Gasteiger partial charge in [0.25, 0.3) is 0 Å². The molecule has 0 saturated carbocycles. The van der Waals surface area contributed by atoms with E-state index in [4.69, 9.17) is 9.47 Å². The van der Waals surface area contributed by atoms with Crippen molar-refractivity contribution in [1.29, 1.82) is 0 Å². The van der Waals surface area contributed by atoms with Gasteiger partial charge in [0, 0.05) is 11.6 Å². The second-order valence-electron chi connectivity index (χ2n) is 2.46. The fourth-order valence-electron chi connectivity index (χ4n) is 1.05. The van der Waals surface area contributed by atoms with Gasteiger partial charge in [-0.25, -0.2) is 0 Å². The van der Waals surface area contributed by atoms with Crippen LogP contribution in [0.25, 0.3) is 0 Å². The number of nitrogens with zero attached hydrogens (tertiary/aromatic N) is 1. The summed E-state index contributed by atoms with van der Waals surface area (Å²) in [5, 5.41) is 2.80. The van der Waals surface area contributed by atoms with Crippen molar-refractivity contribution in [2.24, 2.45) is 5.18 Å². The van der Waals surface area contributed by atoms with Crippen LogP contribution in [-0.2, 0) is 6.54 Å². The molecule has 0 radical (unpaired) electrons. The van der Waals surface area contributed by atoms with Crippen molar-refractivity contribution in [3.05, 3.63) is 28.7 Å². The fraction of sp³-hybridized carbons (Fsp3) is 0.333. The first-order valence-electron chi connectivity index (χ1n) is 3.82. The highest BCUT2D eigenvalue weighted by Gasteiger charge is 2.03. The smallest absolute Gasteiger partial charge is 0.127 e. The summed E-state index contributed by atoms with van der Waals surface area (Å²) in [4.78, 5) is 10.1. The van der Waals surface area contributed by atoms with Gasteiger partial charge < -0.3 is 9.47 Å². The van der Waals surface area contributed by atoms with Gasteiger partial charge in [-0.2, -0.15) is 4.91 Å². The number of methoxy groups -OCH3 is 2. The van der Waals surface area contributed by atoms with Crippen LogP contribution < -0.4 is 9.47 Å². The molecule has 0 fully saturated rings. The second kappa shape index (κ2) is 4.45. The monoisotopic (exact) mass is 181 g/mol. The van der Waals surface area contributed by atoms with Gasteiger partial charge in [0.15, 0.2) is 0 Å². The molecule has 0 amide bonds. The van der Waals surface area contributed by atoms with E-state index < -0.39 is 0 Å². The van der Waals surface area contributed by atoms with Crippen molar-refractivity contribution >= 4 is 0 Å². The van der Waals surface area contributed by atoms with Crippen LogP contribution in [0.15, 0.2) is 23.4 Å². The molecule has 70 valence electrons. The summed E-state index contributed by atoms with van der Waals surface area (Å²) < 4.78 is 10.1.